The summed E-state index contributed by atoms with van der Waals surface area (Å²) in [6.45, 7) is 7.23. The molecule has 0 saturated carbocycles. The molecule has 0 bridgehead atoms. The first-order chi connectivity index (χ1) is 14.0. The van der Waals surface area contributed by atoms with E-state index < -0.39 is 8.07 Å². The first-order valence-electron chi connectivity index (χ1n) is 9.98. The van der Waals surface area contributed by atoms with Gasteiger partial charge in [0.25, 0.3) is 0 Å². The number of rotatable bonds is 3. The lowest BCUT2D eigenvalue weighted by Crippen LogP contribution is -2.39. The Labute approximate surface area is 176 Å². The van der Waals surface area contributed by atoms with Crippen molar-refractivity contribution in [3.63, 3.8) is 0 Å². The van der Waals surface area contributed by atoms with E-state index in [2.05, 4.69) is 105 Å². The van der Waals surface area contributed by atoms with Crippen LogP contribution in [0.25, 0.3) is 42.6 Å². The molecular formula is C26H23NSSi. The van der Waals surface area contributed by atoms with Gasteiger partial charge >= 0.3 is 0 Å². The van der Waals surface area contributed by atoms with E-state index in [-0.39, 0.29) is 0 Å². The summed E-state index contributed by atoms with van der Waals surface area (Å²) in [6.07, 6.45) is 2.08. The van der Waals surface area contributed by atoms with Gasteiger partial charge in [-0.05, 0) is 40.6 Å². The van der Waals surface area contributed by atoms with Gasteiger partial charge < -0.3 is 0 Å². The van der Waals surface area contributed by atoms with Crippen molar-refractivity contribution in [3.05, 3.63) is 85.1 Å². The minimum absolute atomic E-state index is 1.07. The molecule has 0 aliphatic carbocycles. The fourth-order valence-electron chi connectivity index (χ4n) is 3.97. The first-order valence-corrected chi connectivity index (χ1v) is 14.3. The van der Waals surface area contributed by atoms with Gasteiger partial charge in [-0.3, -0.25) is 4.98 Å². The Morgan fingerprint density at radius 3 is 2.21 bits per heavy atom. The lowest BCUT2D eigenvalue weighted by Gasteiger charge is -2.22. The number of thiophene rings is 1. The molecule has 0 atom stereocenters. The van der Waals surface area contributed by atoms with Crippen molar-refractivity contribution in [1.82, 2.24) is 4.98 Å². The van der Waals surface area contributed by atoms with Gasteiger partial charge in [0.05, 0.1) is 13.8 Å². The molecule has 29 heavy (non-hydrogen) atoms. The van der Waals surface area contributed by atoms with Crippen LogP contribution in [-0.4, -0.2) is 13.1 Å². The maximum Gasteiger partial charge on any atom is 0.0785 e. The summed E-state index contributed by atoms with van der Waals surface area (Å²) in [7, 11) is -1.55. The largest absolute Gasteiger partial charge is 0.256 e. The molecular weight excluding hydrogens is 386 g/mol. The van der Waals surface area contributed by atoms with E-state index in [9.17, 15) is 0 Å². The van der Waals surface area contributed by atoms with Crippen molar-refractivity contribution >= 4 is 44.8 Å². The number of benzene rings is 3. The summed E-state index contributed by atoms with van der Waals surface area (Å²) >= 11 is 1.86. The molecule has 0 aliphatic heterocycles. The minimum atomic E-state index is -1.55. The van der Waals surface area contributed by atoms with E-state index in [1.165, 1.54) is 42.0 Å². The molecule has 0 saturated heterocycles. The highest BCUT2D eigenvalue weighted by Crippen LogP contribution is 2.36. The highest BCUT2D eigenvalue weighted by Gasteiger charge is 2.22. The second-order valence-corrected chi connectivity index (χ2v) is 14.7. The van der Waals surface area contributed by atoms with Gasteiger partial charge in [0.15, 0.2) is 0 Å². The zero-order valence-corrected chi connectivity index (χ0v) is 18.8. The number of hydrogen-bond acceptors (Lipinski definition) is 2. The number of nitrogens with zero attached hydrogens (tertiary/aromatic N) is 1. The van der Waals surface area contributed by atoms with Gasteiger partial charge in [-0.1, -0.05) is 74.2 Å². The molecule has 2 aromatic heterocycles. The van der Waals surface area contributed by atoms with Crippen molar-refractivity contribution in [2.75, 3.05) is 0 Å². The molecule has 0 radical (unpaired) electrons. The third-order valence-electron chi connectivity index (χ3n) is 5.47. The predicted octanol–water partition coefficient (Wildman–Crippen LogP) is 7.33. The van der Waals surface area contributed by atoms with Crippen LogP contribution in [0, 0.1) is 0 Å². The van der Waals surface area contributed by atoms with E-state index in [0.29, 0.717) is 0 Å². The van der Waals surface area contributed by atoms with Crippen LogP contribution in [-0.2, 0) is 0 Å². The Bertz CT molecular complexity index is 1330. The van der Waals surface area contributed by atoms with Crippen molar-refractivity contribution < 1.29 is 0 Å². The highest BCUT2D eigenvalue weighted by atomic mass is 32.1. The zero-order valence-electron chi connectivity index (χ0n) is 16.9. The summed E-state index contributed by atoms with van der Waals surface area (Å²) in [6, 6.07) is 28.4. The summed E-state index contributed by atoms with van der Waals surface area (Å²) in [5.74, 6) is 0. The van der Waals surface area contributed by atoms with Crippen molar-refractivity contribution in [2.24, 2.45) is 0 Å². The minimum Gasteiger partial charge on any atom is -0.256 e. The molecule has 3 aromatic carbocycles. The Hall–Kier alpha value is -2.75. The van der Waals surface area contributed by atoms with Crippen LogP contribution in [0.1, 0.15) is 0 Å². The summed E-state index contributed by atoms with van der Waals surface area (Å²) < 4.78 is 2.68. The van der Waals surface area contributed by atoms with Gasteiger partial charge in [-0.15, -0.1) is 11.3 Å². The quantitative estimate of drug-likeness (QED) is 0.284. The lowest BCUT2D eigenvalue weighted by molar-refractivity contribution is 1.33. The zero-order chi connectivity index (χ0) is 20.0. The Kier molecular flexibility index (Phi) is 4.38. The molecule has 0 aliphatic rings. The van der Waals surface area contributed by atoms with Gasteiger partial charge in [0.2, 0.25) is 0 Å². The molecule has 3 heteroatoms. The number of fused-ring (bicyclic) bond motifs is 3. The van der Waals surface area contributed by atoms with Crippen LogP contribution < -0.4 is 5.19 Å². The monoisotopic (exact) mass is 409 g/mol. The third-order valence-corrected chi connectivity index (χ3v) is 8.65. The summed E-state index contributed by atoms with van der Waals surface area (Å²) in [5, 5.41) is 4.12. The van der Waals surface area contributed by atoms with Gasteiger partial charge in [-0.2, -0.15) is 0 Å². The van der Waals surface area contributed by atoms with Gasteiger partial charge in [-0.25, -0.2) is 0 Å². The lowest BCUT2D eigenvalue weighted by atomic mass is 10.0. The molecule has 5 aromatic rings. The van der Waals surface area contributed by atoms with Crippen molar-refractivity contribution in [3.8, 4) is 22.4 Å². The fraction of sp³-hybridized carbons (Fsp3) is 0.115. The summed E-state index contributed by atoms with van der Waals surface area (Å²) in [5.41, 5.74) is 4.79. The molecule has 0 spiro atoms. The Morgan fingerprint density at radius 2 is 1.41 bits per heavy atom. The van der Waals surface area contributed by atoms with E-state index in [4.69, 9.17) is 4.98 Å². The van der Waals surface area contributed by atoms with Crippen LogP contribution in [0.5, 0.6) is 0 Å². The highest BCUT2D eigenvalue weighted by molar-refractivity contribution is 7.25. The molecule has 0 unspecified atom stereocenters. The molecule has 142 valence electrons. The van der Waals surface area contributed by atoms with Crippen LogP contribution in [0.15, 0.2) is 85.1 Å². The number of pyridine rings is 1. The smallest absolute Gasteiger partial charge is 0.0785 e. The van der Waals surface area contributed by atoms with Crippen LogP contribution >= 0.6 is 11.3 Å². The predicted molar refractivity (Wildman–Crippen MR) is 131 cm³/mol. The number of aromatic nitrogens is 1. The van der Waals surface area contributed by atoms with E-state index in [1.807, 2.05) is 11.3 Å². The van der Waals surface area contributed by atoms with Crippen molar-refractivity contribution in [1.29, 1.82) is 0 Å². The Morgan fingerprint density at radius 1 is 0.690 bits per heavy atom. The average Bonchev–Trinajstić information content (AvgIpc) is 3.11. The second-order valence-electron chi connectivity index (χ2n) is 8.54. The second kappa shape index (κ2) is 6.94. The molecule has 0 fully saturated rings. The molecule has 5 rings (SSSR count). The maximum atomic E-state index is 4.90. The maximum absolute atomic E-state index is 4.90. The average molecular weight is 410 g/mol. The molecule has 0 amide bonds. The first kappa shape index (κ1) is 18.3. The van der Waals surface area contributed by atoms with Crippen molar-refractivity contribution in [2.45, 2.75) is 19.6 Å². The van der Waals surface area contributed by atoms with Crippen LogP contribution in [0.3, 0.4) is 0 Å². The topological polar surface area (TPSA) is 12.9 Å². The van der Waals surface area contributed by atoms with E-state index >= 15 is 0 Å². The normalized spacial score (nSPS) is 12.0. The standard InChI is InChI=1S/C26H23NSSi/c1-29(2,3)26-16-23(27-17-22(26)18-9-5-4-6-10-18)19-13-14-25-21(15-19)20-11-7-8-12-24(20)28-25/h4-17H,1-3H3. The van der Waals surface area contributed by atoms with Gasteiger partial charge in [0.1, 0.15) is 0 Å². The van der Waals surface area contributed by atoms with Crippen LogP contribution in [0.2, 0.25) is 19.6 Å². The Balaban J connectivity index is 1.69. The molecule has 0 N–H and O–H groups in total. The van der Waals surface area contributed by atoms with E-state index in [1.54, 1.807) is 0 Å². The fourth-order valence-corrected chi connectivity index (χ4v) is 6.64. The molecule has 2 heterocycles. The summed E-state index contributed by atoms with van der Waals surface area (Å²) in [4.78, 5) is 4.90. The van der Waals surface area contributed by atoms with E-state index in [0.717, 1.165) is 5.69 Å². The third kappa shape index (κ3) is 3.31. The number of hydrogen-bond donors (Lipinski definition) is 0. The van der Waals surface area contributed by atoms with Gasteiger partial charge in [0, 0.05) is 31.9 Å². The SMILES string of the molecule is C[Si](C)(C)c1cc(-c2ccc3sc4ccccc4c3c2)ncc1-c1ccccc1. The molecule has 1 nitrogen and oxygen atoms in total. The van der Waals surface area contributed by atoms with Crippen LogP contribution in [0.4, 0.5) is 0 Å².